The van der Waals surface area contributed by atoms with Gasteiger partial charge in [-0.3, -0.25) is 0 Å². The molecule has 3 heteroatoms. The maximum atomic E-state index is 4.24. The van der Waals surface area contributed by atoms with E-state index < -0.39 is 0 Å². The molecule has 1 radical (unpaired) electrons. The molecular weight excluding hydrogens is 162 g/mol. The molecule has 0 fully saturated rings. The summed E-state index contributed by atoms with van der Waals surface area (Å²) >= 11 is 0. The lowest BCUT2D eigenvalue weighted by atomic mass is 10.1. The molecule has 13 heavy (non-hydrogen) atoms. The Balaban J connectivity index is 2.26. The Morgan fingerprint density at radius 2 is 2.46 bits per heavy atom. The van der Waals surface area contributed by atoms with Crippen LogP contribution in [0.3, 0.4) is 0 Å². The number of unbranched alkanes of at least 4 members (excludes halogenated alkanes) is 1. The Labute approximate surface area is 77.2 Å². The maximum Gasteiger partial charge on any atom is 0.175 e. The molecule has 1 N–H and O–H groups in total. The fourth-order valence-corrected chi connectivity index (χ4v) is 1.34. The van der Waals surface area contributed by atoms with Crippen molar-refractivity contribution in [1.82, 2.24) is 15.0 Å². The second-order valence-corrected chi connectivity index (χ2v) is 3.16. The Morgan fingerprint density at radius 3 is 3.31 bits per heavy atom. The van der Waals surface area contributed by atoms with Crippen molar-refractivity contribution in [2.75, 3.05) is 0 Å². The molecule has 2 aromatic rings. The first-order valence-corrected chi connectivity index (χ1v) is 4.61. The van der Waals surface area contributed by atoms with Gasteiger partial charge < -0.3 is 4.98 Å². The smallest absolute Gasteiger partial charge is 0.175 e. The van der Waals surface area contributed by atoms with Crippen molar-refractivity contribution in [3.05, 3.63) is 24.2 Å². The van der Waals surface area contributed by atoms with Gasteiger partial charge in [0.15, 0.2) is 12.0 Å². The highest BCUT2D eigenvalue weighted by molar-refractivity contribution is 5.69. The Morgan fingerprint density at radius 1 is 1.54 bits per heavy atom. The van der Waals surface area contributed by atoms with Gasteiger partial charge in [0.25, 0.3) is 0 Å². The zero-order valence-electron chi connectivity index (χ0n) is 7.67. The first-order chi connectivity index (χ1) is 6.40. The maximum absolute atomic E-state index is 4.24. The SMILES string of the molecule is CCCCc1cnc2[nH][c]nc2c1. The Hall–Kier alpha value is -1.38. The lowest BCUT2D eigenvalue weighted by Crippen LogP contribution is -1.86. The van der Waals surface area contributed by atoms with E-state index in [1.165, 1.54) is 18.4 Å². The van der Waals surface area contributed by atoms with E-state index in [2.05, 4.69) is 34.3 Å². The van der Waals surface area contributed by atoms with Crippen molar-refractivity contribution in [2.24, 2.45) is 0 Å². The Kier molecular flexibility index (Phi) is 2.25. The van der Waals surface area contributed by atoms with E-state index in [-0.39, 0.29) is 0 Å². The number of nitrogens with zero attached hydrogens (tertiary/aromatic N) is 2. The number of hydrogen-bond donors (Lipinski definition) is 1. The molecular formula is C10H12N3. The number of rotatable bonds is 3. The predicted octanol–water partition coefficient (Wildman–Crippen LogP) is 2.10. The van der Waals surface area contributed by atoms with E-state index in [0.717, 1.165) is 17.6 Å². The van der Waals surface area contributed by atoms with Crippen LogP contribution in [0.4, 0.5) is 0 Å². The number of H-pyrrole nitrogens is 1. The number of imidazole rings is 1. The molecule has 2 heterocycles. The van der Waals surface area contributed by atoms with E-state index in [0.29, 0.717) is 0 Å². The van der Waals surface area contributed by atoms with Crippen LogP contribution in [-0.4, -0.2) is 15.0 Å². The molecule has 0 aliphatic carbocycles. The van der Waals surface area contributed by atoms with Gasteiger partial charge in [-0.25, -0.2) is 9.97 Å². The minimum Gasteiger partial charge on any atom is -0.320 e. The van der Waals surface area contributed by atoms with Gasteiger partial charge in [0.1, 0.15) is 5.52 Å². The molecule has 3 nitrogen and oxygen atoms in total. The van der Waals surface area contributed by atoms with E-state index >= 15 is 0 Å². The molecule has 0 unspecified atom stereocenters. The average molecular weight is 174 g/mol. The van der Waals surface area contributed by atoms with Gasteiger partial charge in [0.05, 0.1) is 0 Å². The number of nitrogens with one attached hydrogen (secondary N) is 1. The summed E-state index contributed by atoms with van der Waals surface area (Å²) in [6, 6.07) is 2.07. The van der Waals surface area contributed by atoms with E-state index in [1.807, 2.05) is 6.20 Å². The summed E-state index contributed by atoms with van der Waals surface area (Å²) in [5.74, 6) is 0. The summed E-state index contributed by atoms with van der Waals surface area (Å²) in [7, 11) is 0. The van der Waals surface area contributed by atoms with E-state index in [4.69, 9.17) is 0 Å². The fourth-order valence-electron chi connectivity index (χ4n) is 1.34. The van der Waals surface area contributed by atoms with Crippen molar-refractivity contribution in [3.8, 4) is 0 Å². The van der Waals surface area contributed by atoms with Crippen LogP contribution in [0.5, 0.6) is 0 Å². The number of aromatic nitrogens is 3. The van der Waals surface area contributed by atoms with Crippen LogP contribution in [0.1, 0.15) is 25.3 Å². The zero-order valence-corrected chi connectivity index (χ0v) is 7.67. The van der Waals surface area contributed by atoms with Crippen LogP contribution in [0.25, 0.3) is 11.2 Å². The van der Waals surface area contributed by atoms with E-state index in [1.54, 1.807) is 0 Å². The molecule has 0 bridgehead atoms. The van der Waals surface area contributed by atoms with Gasteiger partial charge in [-0.15, -0.1) is 0 Å². The quantitative estimate of drug-likeness (QED) is 0.774. The van der Waals surface area contributed by atoms with Gasteiger partial charge >= 0.3 is 0 Å². The molecule has 0 atom stereocenters. The van der Waals surface area contributed by atoms with Crippen LogP contribution < -0.4 is 0 Å². The van der Waals surface area contributed by atoms with Gasteiger partial charge in [0, 0.05) is 6.20 Å². The number of fused-ring (bicyclic) bond motifs is 1. The lowest BCUT2D eigenvalue weighted by molar-refractivity contribution is 0.793. The summed E-state index contributed by atoms with van der Waals surface area (Å²) in [6.07, 6.45) is 8.10. The molecule has 0 aliphatic heterocycles. The third-order valence-corrected chi connectivity index (χ3v) is 2.09. The minimum atomic E-state index is 0.820. The zero-order chi connectivity index (χ0) is 9.10. The fraction of sp³-hybridized carbons (Fsp3) is 0.400. The summed E-state index contributed by atoms with van der Waals surface area (Å²) in [6.45, 7) is 2.19. The number of pyridine rings is 1. The topological polar surface area (TPSA) is 41.6 Å². The predicted molar refractivity (Wildman–Crippen MR) is 51.3 cm³/mol. The van der Waals surface area contributed by atoms with Crippen molar-refractivity contribution in [1.29, 1.82) is 0 Å². The van der Waals surface area contributed by atoms with Crippen LogP contribution in [-0.2, 0) is 6.42 Å². The van der Waals surface area contributed by atoms with Crippen LogP contribution in [0.2, 0.25) is 0 Å². The molecule has 0 aliphatic rings. The first-order valence-electron chi connectivity index (χ1n) is 4.61. The summed E-state index contributed by atoms with van der Waals surface area (Å²) in [5, 5.41) is 0. The van der Waals surface area contributed by atoms with Crippen LogP contribution in [0.15, 0.2) is 12.3 Å². The molecule has 0 saturated carbocycles. The summed E-state index contributed by atoms with van der Waals surface area (Å²) in [4.78, 5) is 11.1. The largest absolute Gasteiger partial charge is 0.320 e. The van der Waals surface area contributed by atoms with Crippen molar-refractivity contribution >= 4 is 11.2 Å². The third kappa shape index (κ3) is 1.69. The van der Waals surface area contributed by atoms with Gasteiger partial charge in [-0.1, -0.05) is 13.3 Å². The van der Waals surface area contributed by atoms with Crippen LogP contribution in [0, 0.1) is 6.33 Å². The standard InChI is InChI=1S/C10H12N3/c1-2-3-4-8-5-9-10(11-6-8)13-7-12-9/h5-6H,2-4H2,1H3,(H,11,12,13). The monoisotopic (exact) mass is 174 g/mol. The molecule has 0 amide bonds. The normalized spacial score (nSPS) is 10.8. The highest BCUT2D eigenvalue weighted by atomic mass is 14.9. The Bertz CT molecular complexity index is 392. The molecule has 0 saturated heterocycles. The first kappa shape index (κ1) is 8.23. The van der Waals surface area contributed by atoms with Crippen molar-refractivity contribution < 1.29 is 0 Å². The van der Waals surface area contributed by atoms with E-state index in [9.17, 15) is 0 Å². The summed E-state index contributed by atoms with van der Waals surface area (Å²) in [5.41, 5.74) is 2.99. The molecule has 2 aromatic heterocycles. The van der Waals surface area contributed by atoms with Gasteiger partial charge in [0.2, 0.25) is 0 Å². The molecule has 2 rings (SSSR count). The van der Waals surface area contributed by atoms with Crippen molar-refractivity contribution in [2.45, 2.75) is 26.2 Å². The number of aryl methyl sites for hydroxylation is 1. The second kappa shape index (κ2) is 3.56. The van der Waals surface area contributed by atoms with Gasteiger partial charge in [-0.2, -0.15) is 0 Å². The van der Waals surface area contributed by atoms with Crippen LogP contribution >= 0.6 is 0 Å². The average Bonchev–Trinajstić information content (AvgIpc) is 2.61. The summed E-state index contributed by atoms with van der Waals surface area (Å²) < 4.78 is 0. The number of aromatic amines is 1. The minimum absolute atomic E-state index is 0.820. The highest BCUT2D eigenvalue weighted by Crippen LogP contribution is 2.10. The van der Waals surface area contributed by atoms with Gasteiger partial charge in [-0.05, 0) is 24.5 Å². The lowest BCUT2D eigenvalue weighted by Gasteiger charge is -1.97. The molecule has 67 valence electrons. The molecule has 0 spiro atoms. The van der Waals surface area contributed by atoms with Crippen molar-refractivity contribution in [3.63, 3.8) is 0 Å². The highest BCUT2D eigenvalue weighted by Gasteiger charge is 1.99. The third-order valence-electron chi connectivity index (χ3n) is 2.09. The number of hydrogen-bond acceptors (Lipinski definition) is 2. The molecule has 0 aromatic carbocycles. The second-order valence-electron chi connectivity index (χ2n) is 3.16.